The second-order valence-corrected chi connectivity index (χ2v) is 21.4. The summed E-state index contributed by atoms with van der Waals surface area (Å²) in [5.41, 5.74) is 0. The molecule has 1 amide bonds. The van der Waals surface area contributed by atoms with Crippen molar-refractivity contribution in [2.24, 2.45) is 0 Å². The lowest BCUT2D eigenvalue weighted by Gasteiger charge is -2.40. The first-order valence-electron chi connectivity index (χ1n) is 31.0. The first-order valence-corrected chi connectivity index (χ1v) is 31.0. The third kappa shape index (κ3) is 43.0. The molecule has 75 heavy (non-hydrogen) atoms. The maximum atomic E-state index is 13.0. The number of carbonyl (C=O) groups excluding carboxylic acids is 2. The maximum Gasteiger partial charge on any atom is 0.305 e. The van der Waals surface area contributed by atoms with E-state index < -0.39 is 49.5 Å². The zero-order chi connectivity index (χ0) is 54.5. The molecule has 1 heterocycles. The van der Waals surface area contributed by atoms with Gasteiger partial charge in [-0.05, 0) is 103 Å². The number of esters is 1. The molecule has 11 nitrogen and oxygen atoms in total. The quantitative estimate of drug-likeness (QED) is 0.0195. The number of allylic oxidation sites excluding steroid dienone is 9. The van der Waals surface area contributed by atoms with Gasteiger partial charge in [-0.3, -0.25) is 9.59 Å². The van der Waals surface area contributed by atoms with Gasteiger partial charge in [0.05, 0.1) is 32.0 Å². The van der Waals surface area contributed by atoms with Crippen LogP contribution >= 0.6 is 0 Å². The number of aliphatic hydroxyl groups is 5. The number of hydrogen-bond acceptors (Lipinski definition) is 10. The predicted molar refractivity (Wildman–Crippen MR) is 310 cm³/mol. The number of ether oxygens (including phenoxy) is 3. The van der Waals surface area contributed by atoms with Gasteiger partial charge in [-0.1, -0.05) is 215 Å². The number of nitrogens with one attached hydrogen (secondary N) is 1. The van der Waals surface area contributed by atoms with Crippen LogP contribution in [0.4, 0.5) is 0 Å². The monoisotopic (exact) mass is 1060 g/mol. The zero-order valence-corrected chi connectivity index (χ0v) is 48.0. The Labute approximate surface area is 458 Å². The lowest BCUT2D eigenvalue weighted by atomic mass is 9.99. The van der Waals surface area contributed by atoms with Gasteiger partial charge in [-0.2, -0.15) is 0 Å². The van der Waals surface area contributed by atoms with Crippen molar-refractivity contribution in [2.75, 3.05) is 19.8 Å². The molecule has 1 fully saturated rings. The van der Waals surface area contributed by atoms with Crippen LogP contribution < -0.4 is 5.32 Å². The Morgan fingerprint density at radius 3 is 1.40 bits per heavy atom. The SMILES string of the molecule is C/C=C/CC/C=C/CC/C=C/C(O)C(COC1OC(CO)C(O)C(O)C1O)NC(=O)CCCCCCCCC/C=C\CCCCCCCCCCCCCOC(=O)CCCCCCC/C=C\CCCCCCCCC. The number of rotatable bonds is 53. The molecular formula is C64H115NO10. The van der Waals surface area contributed by atoms with Gasteiger partial charge in [0, 0.05) is 12.8 Å². The highest BCUT2D eigenvalue weighted by Crippen LogP contribution is 2.23. The van der Waals surface area contributed by atoms with Crippen LogP contribution in [0.15, 0.2) is 60.8 Å². The van der Waals surface area contributed by atoms with Crippen molar-refractivity contribution in [3.8, 4) is 0 Å². The summed E-state index contributed by atoms with van der Waals surface area (Å²) in [5.74, 6) is -0.219. The topological polar surface area (TPSA) is 175 Å². The molecule has 1 aliphatic rings. The fourth-order valence-corrected chi connectivity index (χ4v) is 9.46. The molecule has 436 valence electrons. The van der Waals surface area contributed by atoms with Gasteiger partial charge in [0.25, 0.3) is 0 Å². The Hall–Kier alpha value is -2.64. The highest BCUT2D eigenvalue weighted by Gasteiger charge is 2.44. The van der Waals surface area contributed by atoms with Crippen LogP contribution in [0.3, 0.4) is 0 Å². The Morgan fingerprint density at radius 2 is 0.920 bits per heavy atom. The first-order chi connectivity index (χ1) is 36.7. The summed E-state index contributed by atoms with van der Waals surface area (Å²) in [6, 6.07) is -0.839. The molecule has 0 spiro atoms. The second kappa shape index (κ2) is 53.4. The molecule has 0 aromatic heterocycles. The first kappa shape index (κ1) is 70.4. The van der Waals surface area contributed by atoms with E-state index in [-0.39, 0.29) is 18.5 Å². The van der Waals surface area contributed by atoms with E-state index >= 15 is 0 Å². The molecule has 7 unspecified atom stereocenters. The van der Waals surface area contributed by atoms with Gasteiger partial charge in [0.2, 0.25) is 5.91 Å². The van der Waals surface area contributed by atoms with Crippen LogP contribution in [0, 0.1) is 0 Å². The van der Waals surface area contributed by atoms with Crippen molar-refractivity contribution in [1.82, 2.24) is 5.32 Å². The zero-order valence-electron chi connectivity index (χ0n) is 48.0. The van der Waals surface area contributed by atoms with Crippen molar-refractivity contribution in [2.45, 2.75) is 314 Å². The third-order valence-electron chi connectivity index (χ3n) is 14.4. The normalized spacial score (nSPS) is 19.2. The molecule has 1 saturated heterocycles. The van der Waals surface area contributed by atoms with E-state index in [1.807, 2.05) is 19.1 Å². The highest BCUT2D eigenvalue weighted by molar-refractivity contribution is 5.76. The van der Waals surface area contributed by atoms with Crippen LogP contribution in [0.1, 0.15) is 271 Å². The predicted octanol–water partition coefficient (Wildman–Crippen LogP) is 14.6. The largest absolute Gasteiger partial charge is 0.466 e. The number of carbonyl (C=O) groups is 2. The Bertz CT molecular complexity index is 1430. The van der Waals surface area contributed by atoms with Crippen LogP contribution in [0.2, 0.25) is 0 Å². The van der Waals surface area contributed by atoms with E-state index in [0.717, 1.165) is 77.0 Å². The lowest BCUT2D eigenvalue weighted by molar-refractivity contribution is -0.302. The van der Waals surface area contributed by atoms with Crippen LogP contribution in [0.5, 0.6) is 0 Å². The summed E-state index contributed by atoms with van der Waals surface area (Å²) in [4.78, 5) is 25.1. The van der Waals surface area contributed by atoms with E-state index in [4.69, 9.17) is 14.2 Å². The Morgan fingerprint density at radius 1 is 0.507 bits per heavy atom. The summed E-state index contributed by atoms with van der Waals surface area (Å²) in [5, 5.41) is 54.1. The summed E-state index contributed by atoms with van der Waals surface area (Å²) < 4.78 is 16.7. The number of hydrogen-bond donors (Lipinski definition) is 6. The lowest BCUT2D eigenvalue weighted by Crippen LogP contribution is -2.60. The highest BCUT2D eigenvalue weighted by atomic mass is 16.7. The molecule has 6 N–H and O–H groups in total. The van der Waals surface area contributed by atoms with Gasteiger partial charge in [0.15, 0.2) is 6.29 Å². The number of aliphatic hydroxyl groups excluding tert-OH is 5. The molecule has 0 aliphatic carbocycles. The molecule has 0 radical (unpaired) electrons. The van der Waals surface area contributed by atoms with E-state index in [2.05, 4.69) is 54.8 Å². The Kier molecular flexibility index (Phi) is 50.1. The van der Waals surface area contributed by atoms with Crippen molar-refractivity contribution in [1.29, 1.82) is 0 Å². The standard InChI is InChI=1S/C64H115NO10/c1-3-5-7-9-11-13-14-15-16-26-29-32-36-40-44-48-52-60(69)73-53-49-45-41-37-33-30-27-24-22-20-18-17-19-21-23-25-28-31-35-39-43-47-51-59(68)65-56(57(67)50-46-42-38-34-12-10-8-6-4-2)55-74-64-63(72)62(71)61(70)58(54-66)75-64/h4,6,12,16,19,21,26,34,46,50,56-58,61-64,66-67,70-72H,3,5,7-11,13-15,17-18,20,22-25,27-33,35-45,47-49,51-55H2,1-2H3,(H,65,68)/b6-4+,21-19-,26-16-,34-12+,50-46+. The number of amides is 1. The van der Waals surface area contributed by atoms with Crippen LogP contribution in [-0.2, 0) is 23.8 Å². The van der Waals surface area contributed by atoms with Gasteiger partial charge in [0.1, 0.15) is 24.4 Å². The van der Waals surface area contributed by atoms with Gasteiger partial charge in [-0.25, -0.2) is 0 Å². The van der Waals surface area contributed by atoms with Crippen LogP contribution in [-0.4, -0.2) is 100 Å². The number of unbranched alkanes of at least 4 members (excludes halogenated alkanes) is 32. The van der Waals surface area contributed by atoms with E-state index in [0.29, 0.717) is 25.9 Å². The smallest absolute Gasteiger partial charge is 0.305 e. The minimum atomic E-state index is -1.58. The Balaban J connectivity index is 2.00. The molecule has 1 aliphatic heterocycles. The van der Waals surface area contributed by atoms with E-state index in [9.17, 15) is 35.1 Å². The van der Waals surface area contributed by atoms with E-state index in [1.54, 1.807) is 6.08 Å². The van der Waals surface area contributed by atoms with Crippen molar-refractivity contribution >= 4 is 11.9 Å². The fraction of sp³-hybridized carbons (Fsp3) is 0.812. The average Bonchev–Trinajstić information content (AvgIpc) is 3.41. The molecule has 0 saturated carbocycles. The second-order valence-electron chi connectivity index (χ2n) is 21.4. The molecular weight excluding hydrogens is 943 g/mol. The van der Waals surface area contributed by atoms with Gasteiger partial charge in [-0.15, -0.1) is 0 Å². The molecule has 0 aromatic carbocycles. The van der Waals surface area contributed by atoms with Crippen molar-refractivity contribution in [3.05, 3.63) is 60.8 Å². The molecule has 1 rings (SSSR count). The average molecular weight is 1060 g/mol. The molecule has 0 aromatic rings. The third-order valence-corrected chi connectivity index (χ3v) is 14.4. The van der Waals surface area contributed by atoms with Gasteiger partial charge < -0.3 is 45.1 Å². The summed E-state index contributed by atoms with van der Waals surface area (Å²) in [6.07, 6.45) is 59.3. The maximum absolute atomic E-state index is 13.0. The molecule has 11 heteroatoms. The minimum Gasteiger partial charge on any atom is -0.466 e. The van der Waals surface area contributed by atoms with Crippen molar-refractivity contribution < 1.29 is 49.3 Å². The summed E-state index contributed by atoms with van der Waals surface area (Å²) in [7, 11) is 0. The summed E-state index contributed by atoms with van der Waals surface area (Å²) >= 11 is 0. The summed E-state index contributed by atoms with van der Waals surface area (Å²) in [6.45, 7) is 4.07. The van der Waals surface area contributed by atoms with Gasteiger partial charge >= 0.3 is 5.97 Å². The fourth-order valence-electron chi connectivity index (χ4n) is 9.46. The van der Waals surface area contributed by atoms with Crippen molar-refractivity contribution in [3.63, 3.8) is 0 Å². The molecule has 0 bridgehead atoms. The minimum absolute atomic E-state index is 0.0114. The van der Waals surface area contributed by atoms with E-state index in [1.165, 1.54) is 161 Å². The van der Waals surface area contributed by atoms with Crippen LogP contribution in [0.25, 0.3) is 0 Å². The molecule has 7 atom stereocenters.